The molecular weight excluding hydrogens is 520 g/mol. The van der Waals surface area contributed by atoms with Crippen LogP contribution in [0, 0.1) is 0 Å². The van der Waals surface area contributed by atoms with Gasteiger partial charge in [0.25, 0.3) is 0 Å². The normalized spacial score (nSPS) is 12.8. The average molecular weight is 595 g/mol. The van der Waals surface area contributed by atoms with E-state index in [1.807, 2.05) is 13.8 Å². The molecule has 250 valence electrons. The van der Waals surface area contributed by atoms with E-state index >= 15 is 0 Å². The van der Waals surface area contributed by atoms with E-state index in [-0.39, 0.29) is 24.1 Å². The standard InChI is InChI=1S/C38H74O4/c1-5-8-10-12-14-15-16-17-18-19-21-25-30-34-38(40)42-36(31-27-23-20-13-11-9-6-2)32-28-24-22-26-29-33-37(39)41-35(4)7-3/h35-36H,5-34H2,1-4H3. The first-order valence-electron chi connectivity index (χ1n) is 18.9. The summed E-state index contributed by atoms with van der Waals surface area (Å²) in [4.78, 5) is 24.5. The van der Waals surface area contributed by atoms with Gasteiger partial charge in [0.05, 0.1) is 6.10 Å². The fourth-order valence-electron chi connectivity index (χ4n) is 5.66. The van der Waals surface area contributed by atoms with Gasteiger partial charge in [-0.25, -0.2) is 0 Å². The van der Waals surface area contributed by atoms with Gasteiger partial charge >= 0.3 is 11.9 Å². The minimum atomic E-state index is -0.0606. The summed E-state index contributed by atoms with van der Waals surface area (Å²) in [5.74, 6) is -0.0413. The molecule has 0 radical (unpaired) electrons. The molecular formula is C38H74O4. The Labute approximate surface area is 263 Å². The lowest BCUT2D eigenvalue weighted by atomic mass is 10.0. The molecule has 0 aromatic heterocycles. The molecule has 0 rings (SSSR count). The van der Waals surface area contributed by atoms with Crippen molar-refractivity contribution in [3.8, 4) is 0 Å². The highest BCUT2D eigenvalue weighted by atomic mass is 16.5. The van der Waals surface area contributed by atoms with Crippen LogP contribution in [-0.4, -0.2) is 24.1 Å². The summed E-state index contributed by atoms with van der Waals surface area (Å²) in [6.45, 7) is 8.53. The Kier molecular flexibility index (Phi) is 32.0. The van der Waals surface area contributed by atoms with Crippen molar-refractivity contribution in [2.75, 3.05) is 0 Å². The van der Waals surface area contributed by atoms with Crippen molar-refractivity contribution >= 4 is 11.9 Å². The number of esters is 2. The van der Waals surface area contributed by atoms with E-state index in [1.54, 1.807) is 0 Å². The maximum absolute atomic E-state index is 12.6. The maximum atomic E-state index is 12.6. The molecule has 2 atom stereocenters. The highest BCUT2D eigenvalue weighted by Crippen LogP contribution is 2.19. The molecule has 42 heavy (non-hydrogen) atoms. The van der Waals surface area contributed by atoms with E-state index in [4.69, 9.17) is 9.47 Å². The Morgan fingerprint density at radius 1 is 0.429 bits per heavy atom. The molecule has 0 bridgehead atoms. The fraction of sp³-hybridized carbons (Fsp3) is 0.947. The Bertz CT molecular complexity index is 575. The van der Waals surface area contributed by atoms with Crippen LogP contribution in [-0.2, 0) is 19.1 Å². The molecule has 0 aromatic rings. The quantitative estimate of drug-likeness (QED) is 0.0560. The van der Waals surface area contributed by atoms with Crippen molar-refractivity contribution in [1.82, 2.24) is 0 Å². The van der Waals surface area contributed by atoms with Gasteiger partial charge in [-0.15, -0.1) is 0 Å². The number of carbonyl (C=O) groups excluding carboxylic acids is 2. The first-order chi connectivity index (χ1) is 20.5. The zero-order chi connectivity index (χ0) is 30.9. The Balaban J connectivity index is 4.05. The van der Waals surface area contributed by atoms with Crippen molar-refractivity contribution in [3.63, 3.8) is 0 Å². The number of unbranched alkanes of at least 4 members (excludes halogenated alkanes) is 22. The lowest BCUT2D eigenvalue weighted by Crippen LogP contribution is -2.18. The lowest BCUT2D eigenvalue weighted by Gasteiger charge is -2.18. The number of rotatable bonds is 33. The third kappa shape index (κ3) is 30.4. The van der Waals surface area contributed by atoms with Gasteiger partial charge in [0.2, 0.25) is 0 Å². The second-order valence-corrected chi connectivity index (χ2v) is 13.0. The topological polar surface area (TPSA) is 52.6 Å². The van der Waals surface area contributed by atoms with E-state index in [0.29, 0.717) is 12.8 Å². The SMILES string of the molecule is CCCCCCCCCCCCCCCC(=O)OC(CCCCCCCCC)CCCCCCCC(=O)OC(C)CC. The van der Waals surface area contributed by atoms with Crippen molar-refractivity contribution in [1.29, 1.82) is 0 Å². The van der Waals surface area contributed by atoms with E-state index in [9.17, 15) is 9.59 Å². The lowest BCUT2D eigenvalue weighted by molar-refractivity contribution is -0.150. The smallest absolute Gasteiger partial charge is 0.306 e. The Hall–Kier alpha value is -1.06. The highest BCUT2D eigenvalue weighted by Gasteiger charge is 2.14. The molecule has 0 fully saturated rings. The fourth-order valence-corrected chi connectivity index (χ4v) is 5.66. The number of ether oxygens (including phenoxy) is 2. The van der Waals surface area contributed by atoms with E-state index in [0.717, 1.165) is 64.2 Å². The van der Waals surface area contributed by atoms with Gasteiger partial charge < -0.3 is 9.47 Å². The summed E-state index contributed by atoms with van der Waals surface area (Å²) in [5.41, 5.74) is 0. The zero-order valence-corrected chi connectivity index (χ0v) is 29.0. The second kappa shape index (κ2) is 32.8. The van der Waals surface area contributed by atoms with Crippen molar-refractivity contribution in [2.45, 2.75) is 233 Å². The van der Waals surface area contributed by atoms with Crippen LogP contribution >= 0.6 is 0 Å². The number of hydrogen-bond donors (Lipinski definition) is 0. The van der Waals surface area contributed by atoms with Crippen LogP contribution in [0.3, 0.4) is 0 Å². The van der Waals surface area contributed by atoms with Crippen LogP contribution in [0.2, 0.25) is 0 Å². The summed E-state index contributed by atoms with van der Waals surface area (Å²) in [5, 5.41) is 0. The molecule has 4 nitrogen and oxygen atoms in total. The minimum Gasteiger partial charge on any atom is -0.463 e. The molecule has 0 amide bonds. The summed E-state index contributed by atoms with van der Waals surface area (Å²) in [6, 6.07) is 0. The van der Waals surface area contributed by atoms with Crippen LogP contribution in [0.1, 0.15) is 220 Å². The van der Waals surface area contributed by atoms with Crippen LogP contribution in [0.4, 0.5) is 0 Å². The van der Waals surface area contributed by atoms with Gasteiger partial charge in [0.15, 0.2) is 0 Å². The van der Waals surface area contributed by atoms with Gasteiger partial charge in [-0.3, -0.25) is 9.59 Å². The molecule has 0 aliphatic heterocycles. The molecule has 0 spiro atoms. The first-order valence-corrected chi connectivity index (χ1v) is 18.9. The van der Waals surface area contributed by atoms with Crippen molar-refractivity contribution in [2.24, 2.45) is 0 Å². The predicted octanol–water partition coefficient (Wildman–Crippen LogP) is 12.6. The van der Waals surface area contributed by atoms with Gasteiger partial charge in [0.1, 0.15) is 6.10 Å². The van der Waals surface area contributed by atoms with Gasteiger partial charge in [-0.1, -0.05) is 156 Å². The summed E-state index contributed by atoms with van der Waals surface area (Å²) in [6.07, 6.45) is 35.7. The first kappa shape index (κ1) is 40.9. The third-order valence-electron chi connectivity index (χ3n) is 8.73. The largest absolute Gasteiger partial charge is 0.463 e. The molecule has 0 aliphatic rings. The van der Waals surface area contributed by atoms with Crippen LogP contribution in [0.5, 0.6) is 0 Å². The summed E-state index contributed by atoms with van der Waals surface area (Å²) in [7, 11) is 0. The van der Waals surface area contributed by atoms with Crippen LogP contribution in [0.15, 0.2) is 0 Å². The van der Waals surface area contributed by atoms with Crippen molar-refractivity contribution in [3.05, 3.63) is 0 Å². The molecule has 0 aliphatic carbocycles. The predicted molar refractivity (Wildman–Crippen MR) is 181 cm³/mol. The van der Waals surface area contributed by atoms with Gasteiger partial charge in [0, 0.05) is 12.8 Å². The third-order valence-corrected chi connectivity index (χ3v) is 8.73. The molecule has 0 saturated heterocycles. The molecule has 0 aromatic carbocycles. The van der Waals surface area contributed by atoms with Crippen molar-refractivity contribution < 1.29 is 19.1 Å². The Morgan fingerprint density at radius 3 is 1.10 bits per heavy atom. The van der Waals surface area contributed by atoms with E-state index < -0.39 is 0 Å². The van der Waals surface area contributed by atoms with Crippen LogP contribution < -0.4 is 0 Å². The second-order valence-electron chi connectivity index (χ2n) is 13.0. The monoisotopic (exact) mass is 595 g/mol. The van der Waals surface area contributed by atoms with Crippen LogP contribution in [0.25, 0.3) is 0 Å². The summed E-state index contributed by atoms with van der Waals surface area (Å²) >= 11 is 0. The van der Waals surface area contributed by atoms with E-state index in [1.165, 1.54) is 116 Å². The Morgan fingerprint density at radius 2 is 0.738 bits per heavy atom. The van der Waals surface area contributed by atoms with Gasteiger partial charge in [-0.2, -0.15) is 0 Å². The molecule has 0 heterocycles. The number of carbonyl (C=O) groups is 2. The average Bonchev–Trinajstić information content (AvgIpc) is 2.98. The number of hydrogen-bond acceptors (Lipinski definition) is 4. The molecule has 2 unspecified atom stereocenters. The molecule has 4 heteroatoms. The summed E-state index contributed by atoms with van der Waals surface area (Å²) < 4.78 is 11.4. The molecule has 0 N–H and O–H groups in total. The molecule has 0 saturated carbocycles. The van der Waals surface area contributed by atoms with Gasteiger partial charge in [-0.05, 0) is 51.9 Å². The zero-order valence-electron chi connectivity index (χ0n) is 29.0. The highest BCUT2D eigenvalue weighted by molar-refractivity contribution is 5.69. The van der Waals surface area contributed by atoms with E-state index in [2.05, 4.69) is 13.8 Å². The minimum absolute atomic E-state index is 0.0193. The maximum Gasteiger partial charge on any atom is 0.306 e.